The van der Waals surface area contributed by atoms with Gasteiger partial charge in [-0.15, -0.1) is 0 Å². The molecule has 4 aliphatic rings. The molecule has 0 unspecified atom stereocenters. The van der Waals surface area contributed by atoms with Gasteiger partial charge in [0.1, 0.15) is 5.82 Å². The molecule has 0 N–H and O–H groups in total. The highest BCUT2D eigenvalue weighted by Crippen LogP contribution is 2.46. The van der Waals surface area contributed by atoms with Crippen LogP contribution < -0.4 is 0 Å². The molecule has 4 saturated heterocycles. The molecule has 1 aromatic heterocycles. The molecule has 2 bridgehead atoms. The fourth-order valence-corrected chi connectivity index (χ4v) is 5.97. The molecule has 0 saturated carbocycles. The van der Waals surface area contributed by atoms with Gasteiger partial charge in [0, 0.05) is 43.8 Å². The number of hydrogen-bond acceptors (Lipinski definition) is 3. The Labute approximate surface area is 167 Å². The summed E-state index contributed by atoms with van der Waals surface area (Å²) in [5.74, 6) is 1.73. The summed E-state index contributed by atoms with van der Waals surface area (Å²) in [6.45, 7) is 10.0. The Morgan fingerprint density at radius 2 is 1.86 bits per heavy atom. The third-order valence-corrected chi connectivity index (χ3v) is 7.12. The Kier molecular flexibility index (Phi) is 4.76. The standard InChI is InChI=1S/C23H31FN4/c1-16(2)12-28-15-25-11-20(28)13-27-14-21(17-3-5-19(24)6-4-17)23-22(27)18-7-9-26(23)10-8-18/h3-6,11,15-16,18,21-23H,7-10,12-14H2,1-2H3/t21-,22-,23-/m1/s1. The smallest absolute Gasteiger partial charge is 0.123 e. The monoisotopic (exact) mass is 382 g/mol. The minimum Gasteiger partial charge on any atom is -0.333 e. The number of piperidine rings is 3. The lowest BCUT2D eigenvalue weighted by atomic mass is 9.75. The minimum absolute atomic E-state index is 0.141. The first-order valence-corrected chi connectivity index (χ1v) is 10.8. The molecule has 0 aliphatic carbocycles. The molecule has 1 aromatic carbocycles. The average molecular weight is 383 g/mol. The van der Waals surface area contributed by atoms with Crippen LogP contribution in [-0.2, 0) is 13.1 Å². The predicted octanol–water partition coefficient (Wildman–Crippen LogP) is 3.74. The average Bonchev–Trinajstić information content (AvgIpc) is 3.29. The highest BCUT2D eigenvalue weighted by molar-refractivity contribution is 5.27. The summed E-state index contributed by atoms with van der Waals surface area (Å²) in [7, 11) is 0. The summed E-state index contributed by atoms with van der Waals surface area (Å²) in [4.78, 5) is 9.86. The zero-order valence-corrected chi connectivity index (χ0v) is 17.0. The van der Waals surface area contributed by atoms with Crippen molar-refractivity contribution in [3.05, 3.63) is 53.9 Å². The fraction of sp³-hybridized carbons (Fsp3) is 0.609. The van der Waals surface area contributed by atoms with Gasteiger partial charge in [-0.3, -0.25) is 9.80 Å². The second-order valence-electron chi connectivity index (χ2n) is 9.37. The Balaban J connectivity index is 1.44. The number of benzene rings is 1. The van der Waals surface area contributed by atoms with Crippen molar-refractivity contribution in [3.8, 4) is 0 Å². The van der Waals surface area contributed by atoms with Crippen molar-refractivity contribution < 1.29 is 4.39 Å². The zero-order chi connectivity index (χ0) is 19.3. The Bertz CT molecular complexity index is 806. The Morgan fingerprint density at radius 1 is 1.11 bits per heavy atom. The fourth-order valence-electron chi connectivity index (χ4n) is 5.97. The second kappa shape index (κ2) is 7.27. The van der Waals surface area contributed by atoms with Gasteiger partial charge in [0.25, 0.3) is 0 Å². The van der Waals surface area contributed by atoms with E-state index >= 15 is 0 Å². The molecule has 6 rings (SSSR count). The molecule has 0 amide bonds. The number of rotatable bonds is 5. The van der Waals surface area contributed by atoms with Gasteiger partial charge in [-0.25, -0.2) is 9.37 Å². The van der Waals surface area contributed by atoms with E-state index in [0.29, 0.717) is 23.9 Å². The summed E-state index contributed by atoms with van der Waals surface area (Å²) in [5, 5.41) is 0. The van der Waals surface area contributed by atoms with E-state index in [1.54, 1.807) is 12.1 Å². The third kappa shape index (κ3) is 3.18. The molecule has 4 aliphatic heterocycles. The number of imidazole rings is 1. The van der Waals surface area contributed by atoms with Crippen LogP contribution in [0, 0.1) is 17.7 Å². The predicted molar refractivity (Wildman–Crippen MR) is 108 cm³/mol. The van der Waals surface area contributed by atoms with Crippen molar-refractivity contribution in [2.24, 2.45) is 11.8 Å². The molecule has 150 valence electrons. The topological polar surface area (TPSA) is 24.3 Å². The van der Waals surface area contributed by atoms with Gasteiger partial charge < -0.3 is 4.57 Å². The van der Waals surface area contributed by atoms with Gasteiger partial charge >= 0.3 is 0 Å². The van der Waals surface area contributed by atoms with Gasteiger partial charge in [0.15, 0.2) is 0 Å². The van der Waals surface area contributed by atoms with Crippen molar-refractivity contribution in [1.82, 2.24) is 19.4 Å². The van der Waals surface area contributed by atoms with Crippen LogP contribution >= 0.6 is 0 Å². The van der Waals surface area contributed by atoms with Crippen molar-refractivity contribution in [2.75, 3.05) is 19.6 Å². The molecular formula is C23H31FN4. The number of likely N-dealkylation sites (tertiary alicyclic amines) is 1. The van der Waals surface area contributed by atoms with E-state index in [9.17, 15) is 4.39 Å². The maximum atomic E-state index is 13.5. The van der Waals surface area contributed by atoms with Crippen molar-refractivity contribution in [1.29, 1.82) is 0 Å². The molecule has 4 nitrogen and oxygen atoms in total. The van der Waals surface area contributed by atoms with Gasteiger partial charge in [-0.1, -0.05) is 26.0 Å². The van der Waals surface area contributed by atoms with Crippen molar-refractivity contribution >= 4 is 0 Å². The third-order valence-electron chi connectivity index (χ3n) is 7.12. The van der Waals surface area contributed by atoms with Crippen molar-refractivity contribution in [3.63, 3.8) is 0 Å². The van der Waals surface area contributed by atoms with Crippen LogP contribution in [0.25, 0.3) is 0 Å². The largest absolute Gasteiger partial charge is 0.333 e. The lowest BCUT2D eigenvalue weighted by Crippen LogP contribution is -2.60. The summed E-state index contributed by atoms with van der Waals surface area (Å²) in [6, 6.07) is 8.45. The molecular weight excluding hydrogens is 351 g/mol. The zero-order valence-electron chi connectivity index (χ0n) is 17.0. The Morgan fingerprint density at radius 3 is 2.57 bits per heavy atom. The van der Waals surface area contributed by atoms with Crippen LogP contribution in [0.15, 0.2) is 36.8 Å². The maximum Gasteiger partial charge on any atom is 0.123 e. The van der Waals surface area contributed by atoms with Gasteiger partial charge in [-0.05, 0) is 55.5 Å². The molecule has 4 fully saturated rings. The lowest BCUT2D eigenvalue weighted by Gasteiger charge is -2.51. The van der Waals surface area contributed by atoms with Crippen LogP contribution in [0.4, 0.5) is 4.39 Å². The molecule has 0 radical (unpaired) electrons. The SMILES string of the molecule is CC(C)Cn1cncc1CN1C[C@H](c2ccc(F)cc2)[C@@H]2[C@H]1C1CCN2CC1. The van der Waals surface area contributed by atoms with Crippen LogP contribution in [0.5, 0.6) is 0 Å². The molecule has 0 spiro atoms. The highest BCUT2D eigenvalue weighted by atomic mass is 19.1. The van der Waals surface area contributed by atoms with E-state index in [2.05, 4.69) is 33.2 Å². The molecule has 3 atom stereocenters. The highest BCUT2D eigenvalue weighted by Gasteiger charge is 2.53. The van der Waals surface area contributed by atoms with Gasteiger partial charge in [0.05, 0.1) is 12.0 Å². The summed E-state index contributed by atoms with van der Waals surface area (Å²) in [5.41, 5.74) is 2.62. The van der Waals surface area contributed by atoms with E-state index in [1.807, 2.05) is 24.7 Å². The first kappa shape index (κ1) is 18.3. The number of aromatic nitrogens is 2. The summed E-state index contributed by atoms with van der Waals surface area (Å²) in [6.07, 6.45) is 6.67. The maximum absolute atomic E-state index is 13.5. The van der Waals surface area contributed by atoms with E-state index in [0.717, 1.165) is 25.6 Å². The van der Waals surface area contributed by atoms with E-state index in [4.69, 9.17) is 0 Å². The Hall–Kier alpha value is -1.72. The van der Waals surface area contributed by atoms with E-state index < -0.39 is 0 Å². The number of fused-ring (bicyclic) bond motifs is 2. The quantitative estimate of drug-likeness (QED) is 0.787. The summed E-state index contributed by atoms with van der Waals surface area (Å²) >= 11 is 0. The second-order valence-corrected chi connectivity index (χ2v) is 9.37. The van der Waals surface area contributed by atoms with Gasteiger partial charge in [-0.2, -0.15) is 0 Å². The minimum atomic E-state index is -0.141. The van der Waals surface area contributed by atoms with E-state index in [-0.39, 0.29) is 5.82 Å². The molecule has 28 heavy (non-hydrogen) atoms. The van der Waals surface area contributed by atoms with Crippen LogP contribution in [0.2, 0.25) is 0 Å². The lowest BCUT2D eigenvalue weighted by molar-refractivity contribution is -0.00925. The summed E-state index contributed by atoms with van der Waals surface area (Å²) < 4.78 is 15.8. The number of hydrogen-bond donors (Lipinski definition) is 0. The van der Waals surface area contributed by atoms with Gasteiger partial charge in [0.2, 0.25) is 0 Å². The van der Waals surface area contributed by atoms with Crippen molar-refractivity contribution in [2.45, 2.75) is 57.8 Å². The first-order chi connectivity index (χ1) is 13.6. The van der Waals surface area contributed by atoms with Crippen LogP contribution in [0.1, 0.15) is 43.9 Å². The molecule has 5 heterocycles. The normalized spacial score (nSPS) is 32.2. The molecule has 2 aromatic rings. The van der Waals surface area contributed by atoms with E-state index in [1.165, 1.54) is 37.2 Å². The van der Waals surface area contributed by atoms with Crippen LogP contribution in [-0.4, -0.2) is 51.1 Å². The van der Waals surface area contributed by atoms with Crippen LogP contribution in [0.3, 0.4) is 0 Å². The number of nitrogens with zero attached hydrogens (tertiary/aromatic N) is 4. The molecule has 5 heteroatoms. The first-order valence-electron chi connectivity index (χ1n) is 10.8. The number of halogens is 1.